The van der Waals surface area contributed by atoms with Crippen LogP contribution in [0, 0.1) is 13.8 Å². The third-order valence-electron chi connectivity index (χ3n) is 5.92. The van der Waals surface area contributed by atoms with Crippen molar-refractivity contribution in [2.75, 3.05) is 7.11 Å². The Balaban J connectivity index is 1.55. The molecule has 0 aliphatic heterocycles. The van der Waals surface area contributed by atoms with Crippen LogP contribution in [0.4, 0.5) is 0 Å². The van der Waals surface area contributed by atoms with Crippen LogP contribution >= 0.6 is 0 Å². The summed E-state index contributed by atoms with van der Waals surface area (Å²) >= 11 is 0. The van der Waals surface area contributed by atoms with Crippen molar-refractivity contribution < 1.29 is 13.9 Å². The molecule has 0 fully saturated rings. The zero-order chi connectivity index (χ0) is 23.5. The fraction of sp³-hybridized carbons (Fsp3) is 0.269. The highest BCUT2D eigenvalue weighted by molar-refractivity contribution is 5.82. The van der Waals surface area contributed by atoms with Gasteiger partial charge in [0.15, 0.2) is 0 Å². The van der Waals surface area contributed by atoms with Crippen LogP contribution < -0.4 is 15.7 Å². The number of methoxy groups -OCH3 is 1. The third kappa shape index (κ3) is 4.67. The van der Waals surface area contributed by atoms with Gasteiger partial charge < -0.3 is 19.0 Å². The smallest absolute Gasteiger partial charge is 0.339 e. The van der Waals surface area contributed by atoms with Crippen LogP contribution in [-0.2, 0) is 18.3 Å². The zero-order valence-corrected chi connectivity index (χ0v) is 19.2. The number of imidazole rings is 1. The normalized spacial score (nSPS) is 12.0. The van der Waals surface area contributed by atoms with Crippen molar-refractivity contribution in [1.29, 1.82) is 0 Å². The molecule has 0 aliphatic carbocycles. The monoisotopic (exact) mass is 445 g/mol. The molecule has 4 aromatic rings. The molecule has 0 bridgehead atoms. The molecule has 4 rings (SSSR count). The Labute approximate surface area is 192 Å². The Morgan fingerprint density at radius 2 is 1.94 bits per heavy atom. The quantitative estimate of drug-likeness (QED) is 0.435. The van der Waals surface area contributed by atoms with E-state index in [1.807, 2.05) is 74.1 Å². The molecule has 0 saturated carbocycles. The van der Waals surface area contributed by atoms with E-state index in [4.69, 9.17) is 9.15 Å². The lowest BCUT2D eigenvalue weighted by Crippen LogP contribution is -2.31. The first kappa shape index (κ1) is 22.3. The van der Waals surface area contributed by atoms with Crippen molar-refractivity contribution in [3.63, 3.8) is 0 Å². The maximum atomic E-state index is 13.0. The van der Waals surface area contributed by atoms with Gasteiger partial charge in [0.1, 0.15) is 23.2 Å². The van der Waals surface area contributed by atoms with E-state index < -0.39 is 11.7 Å². The summed E-state index contributed by atoms with van der Waals surface area (Å²) in [5.74, 6) is 1.27. The van der Waals surface area contributed by atoms with Gasteiger partial charge in [-0.3, -0.25) is 4.79 Å². The summed E-state index contributed by atoms with van der Waals surface area (Å²) in [4.78, 5) is 30.0. The summed E-state index contributed by atoms with van der Waals surface area (Å²) in [6.07, 6.45) is 3.98. The maximum Gasteiger partial charge on any atom is 0.339 e. The van der Waals surface area contributed by atoms with Gasteiger partial charge in [-0.2, -0.15) is 0 Å². The van der Waals surface area contributed by atoms with Crippen LogP contribution in [0.1, 0.15) is 40.5 Å². The maximum absolute atomic E-state index is 13.0. The SMILES string of the molecule is COc1ccc(C(NC(=O)CCc2c(C)c3ccc(C)cc3oc2=O)c2nccn2C)cc1. The number of hydrogen-bond acceptors (Lipinski definition) is 5. The number of fused-ring (bicyclic) bond motifs is 1. The molecule has 7 nitrogen and oxygen atoms in total. The lowest BCUT2D eigenvalue weighted by molar-refractivity contribution is -0.121. The van der Waals surface area contributed by atoms with E-state index in [0.29, 0.717) is 23.4 Å². The largest absolute Gasteiger partial charge is 0.497 e. The number of nitrogens with zero attached hydrogens (tertiary/aromatic N) is 2. The second kappa shape index (κ2) is 9.32. The minimum atomic E-state index is -0.430. The molecule has 1 N–H and O–H groups in total. The fourth-order valence-electron chi connectivity index (χ4n) is 4.01. The molecular formula is C26H27N3O4. The Kier molecular flexibility index (Phi) is 6.31. The number of rotatable bonds is 7. The van der Waals surface area contributed by atoms with Crippen LogP contribution in [-0.4, -0.2) is 22.6 Å². The highest BCUT2D eigenvalue weighted by atomic mass is 16.5. The highest BCUT2D eigenvalue weighted by Crippen LogP contribution is 2.24. The Hall–Kier alpha value is -3.87. The van der Waals surface area contributed by atoms with Crippen LogP contribution in [0.3, 0.4) is 0 Å². The summed E-state index contributed by atoms with van der Waals surface area (Å²) in [6, 6.07) is 12.9. The average Bonchev–Trinajstić information content (AvgIpc) is 3.22. The van der Waals surface area contributed by atoms with Crippen molar-refractivity contribution in [1.82, 2.24) is 14.9 Å². The van der Waals surface area contributed by atoms with Gasteiger partial charge in [0.05, 0.1) is 7.11 Å². The molecule has 0 aliphatic rings. The summed E-state index contributed by atoms with van der Waals surface area (Å²) < 4.78 is 12.6. The van der Waals surface area contributed by atoms with Crippen LogP contribution in [0.15, 0.2) is 64.1 Å². The number of aryl methyl sites for hydroxylation is 3. The zero-order valence-electron chi connectivity index (χ0n) is 19.2. The molecule has 33 heavy (non-hydrogen) atoms. The van der Waals surface area contributed by atoms with Crippen LogP contribution in [0.25, 0.3) is 11.0 Å². The number of benzene rings is 2. The molecule has 170 valence electrons. The van der Waals surface area contributed by atoms with Gasteiger partial charge in [-0.05, 0) is 55.2 Å². The number of amides is 1. The van der Waals surface area contributed by atoms with E-state index >= 15 is 0 Å². The van der Waals surface area contributed by atoms with Crippen molar-refractivity contribution in [2.24, 2.45) is 7.05 Å². The van der Waals surface area contributed by atoms with Gasteiger partial charge in [0, 0.05) is 36.8 Å². The van der Waals surface area contributed by atoms with Crippen LogP contribution in [0.2, 0.25) is 0 Å². The molecule has 1 amide bonds. The second-order valence-electron chi connectivity index (χ2n) is 8.16. The number of nitrogens with one attached hydrogen (secondary N) is 1. The minimum absolute atomic E-state index is 0.153. The number of carbonyl (C=O) groups is 1. The van der Waals surface area contributed by atoms with Gasteiger partial charge in [0.2, 0.25) is 5.91 Å². The first-order chi connectivity index (χ1) is 15.9. The van der Waals surface area contributed by atoms with E-state index in [1.165, 1.54) is 0 Å². The van der Waals surface area contributed by atoms with Crippen molar-refractivity contribution in [3.05, 3.63) is 93.4 Å². The first-order valence-electron chi connectivity index (χ1n) is 10.8. The van der Waals surface area contributed by atoms with Crippen molar-refractivity contribution in [3.8, 4) is 5.75 Å². The summed E-state index contributed by atoms with van der Waals surface area (Å²) in [5, 5.41) is 3.96. The van der Waals surface area contributed by atoms with Crippen LogP contribution in [0.5, 0.6) is 5.75 Å². The summed E-state index contributed by atoms with van der Waals surface area (Å²) in [7, 11) is 3.50. The van der Waals surface area contributed by atoms with E-state index in [2.05, 4.69) is 10.3 Å². The van der Waals surface area contributed by atoms with E-state index in [9.17, 15) is 9.59 Å². The number of aromatic nitrogens is 2. The number of carbonyl (C=O) groups excluding carboxylic acids is 1. The predicted octanol–water partition coefficient (Wildman–Crippen LogP) is 3.99. The fourth-order valence-corrected chi connectivity index (χ4v) is 4.01. The average molecular weight is 446 g/mol. The van der Waals surface area contributed by atoms with Crippen molar-refractivity contribution >= 4 is 16.9 Å². The molecule has 2 heterocycles. The molecule has 1 unspecified atom stereocenters. The summed E-state index contributed by atoms with van der Waals surface area (Å²) in [5.41, 5.74) is 3.46. The molecule has 0 saturated heterocycles. The minimum Gasteiger partial charge on any atom is -0.497 e. The van der Waals surface area contributed by atoms with Gasteiger partial charge in [-0.15, -0.1) is 0 Å². The number of ether oxygens (including phenoxy) is 1. The summed E-state index contributed by atoms with van der Waals surface area (Å²) in [6.45, 7) is 3.85. The van der Waals surface area contributed by atoms with Crippen molar-refractivity contribution in [2.45, 2.75) is 32.7 Å². The highest BCUT2D eigenvalue weighted by Gasteiger charge is 2.21. The lowest BCUT2D eigenvalue weighted by Gasteiger charge is -2.19. The van der Waals surface area contributed by atoms with Gasteiger partial charge in [-0.1, -0.05) is 24.3 Å². The molecular weight excluding hydrogens is 418 g/mol. The Morgan fingerprint density at radius 1 is 1.18 bits per heavy atom. The van der Waals surface area contributed by atoms with E-state index in [-0.39, 0.29) is 12.3 Å². The van der Waals surface area contributed by atoms with Gasteiger partial charge in [-0.25, -0.2) is 9.78 Å². The Morgan fingerprint density at radius 3 is 2.61 bits per heavy atom. The molecule has 0 spiro atoms. The molecule has 2 aromatic carbocycles. The molecule has 1 atom stereocenters. The third-order valence-corrected chi connectivity index (χ3v) is 5.92. The molecule has 2 aromatic heterocycles. The van der Waals surface area contributed by atoms with E-state index in [0.717, 1.165) is 27.8 Å². The van der Waals surface area contributed by atoms with E-state index in [1.54, 1.807) is 13.3 Å². The lowest BCUT2D eigenvalue weighted by atomic mass is 10.0. The van der Waals surface area contributed by atoms with Gasteiger partial charge >= 0.3 is 5.63 Å². The number of hydrogen-bond donors (Lipinski definition) is 1. The first-order valence-corrected chi connectivity index (χ1v) is 10.8. The van der Waals surface area contributed by atoms with Gasteiger partial charge in [0.25, 0.3) is 0 Å². The molecule has 7 heteroatoms. The Bertz CT molecular complexity index is 1350. The predicted molar refractivity (Wildman–Crippen MR) is 126 cm³/mol. The topological polar surface area (TPSA) is 86.4 Å². The standard InChI is InChI=1S/C26H27N3O4/c1-16-5-10-20-17(2)21(26(31)33-22(20)15-16)11-12-23(30)28-24(25-27-13-14-29(25)3)18-6-8-19(32-4)9-7-18/h5-10,13-15,24H,11-12H2,1-4H3,(H,28,30). The molecule has 0 radical (unpaired) electrons. The second-order valence-corrected chi connectivity index (χ2v) is 8.16.